The van der Waals surface area contributed by atoms with E-state index in [1.54, 1.807) is 4.68 Å². The van der Waals surface area contributed by atoms with Gasteiger partial charge in [-0.2, -0.15) is 10.4 Å². The quantitative estimate of drug-likeness (QED) is 0.834. The zero-order valence-electron chi connectivity index (χ0n) is 6.71. The first-order valence-corrected chi connectivity index (χ1v) is 4.31. The van der Waals surface area contributed by atoms with Crippen LogP contribution in [0.4, 0.5) is 5.82 Å². The second kappa shape index (κ2) is 3.59. The van der Waals surface area contributed by atoms with Gasteiger partial charge in [-0.25, -0.2) is 4.68 Å². The molecule has 1 heterocycles. The van der Waals surface area contributed by atoms with E-state index in [4.69, 9.17) is 11.0 Å². The summed E-state index contributed by atoms with van der Waals surface area (Å²) in [6, 6.07) is 2.04. The lowest BCUT2D eigenvalue weighted by atomic mass is 10.4. The van der Waals surface area contributed by atoms with Crippen molar-refractivity contribution in [1.29, 1.82) is 5.26 Å². The van der Waals surface area contributed by atoms with Crippen molar-refractivity contribution >= 4 is 21.7 Å². The number of rotatable bonds is 2. The summed E-state index contributed by atoms with van der Waals surface area (Å²) in [7, 11) is 0. The summed E-state index contributed by atoms with van der Waals surface area (Å²) in [5.41, 5.74) is 6.54. The van der Waals surface area contributed by atoms with Gasteiger partial charge in [0.25, 0.3) is 0 Å². The summed E-state index contributed by atoms with van der Waals surface area (Å²) in [4.78, 5) is 0. The first kappa shape index (κ1) is 9.07. The number of nitrogens with two attached hydrogens (primary N) is 1. The SMILES string of the molecule is Cc1nn(CCC#N)c(N)c1Br. The number of halogens is 1. The van der Waals surface area contributed by atoms with Gasteiger partial charge in [-0.1, -0.05) is 0 Å². The van der Waals surface area contributed by atoms with Gasteiger partial charge in [0.1, 0.15) is 5.82 Å². The van der Waals surface area contributed by atoms with Gasteiger partial charge in [0.2, 0.25) is 0 Å². The number of aryl methyl sites for hydroxylation is 2. The van der Waals surface area contributed by atoms with Crippen LogP contribution in [0.2, 0.25) is 0 Å². The van der Waals surface area contributed by atoms with Crippen LogP contribution in [0.15, 0.2) is 4.47 Å². The second-order valence-corrected chi connectivity index (χ2v) is 3.21. The molecule has 0 saturated heterocycles. The highest BCUT2D eigenvalue weighted by Gasteiger charge is 2.08. The molecular formula is C7H9BrN4. The fourth-order valence-corrected chi connectivity index (χ4v) is 1.19. The van der Waals surface area contributed by atoms with Crippen molar-refractivity contribution in [2.75, 3.05) is 5.73 Å². The predicted octanol–water partition coefficient (Wildman–Crippen LogP) is 1.45. The highest BCUT2D eigenvalue weighted by Crippen LogP contribution is 2.22. The van der Waals surface area contributed by atoms with E-state index in [1.807, 2.05) is 13.0 Å². The van der Waals surface area contributed by atoms with E-state index < -0.39 is 0 Å². The van der Waals surface area contributed by atoms with Crippen LogP contribution in [-0.4, -0.2) is 9.78 Å². The summed E-state index contributed by atoms with van der Waals surface area (Å²) >= 11 is 3.30. The fraction of sp³-hybridized carbons (Fsp3) is 0.429. The molecule has 12 heavy (non-hydrogen) atoms. The van der Waals surface area contributed by atoms with Crippen LogP contribution in [0.1, 0.15) is 12.1 Å². The molecule has 0 aromatic carbocycles. The number of hydrogen-bond acceptors (Lipinski definition) is 3. The molecule has 0 radical (unpaired) electrons. The molecule has 0 aliphatic heterocycles. The van der Waals surface area contributed by atoms with Gasteiger partial charge in [0.15, 0.2) is 0 Å². The van der Waals surface area contributed by atoms with Gasteiger partial charge in [-0.05, 0) is 22.9 Å². The first-order valence-electron chi connectivity index (χ1n) is 3.52. The van der Waals surface area contributed by atoms with Crippen molar-refractivity contribution < 1.29 is 0 Å². The average Bonchev–Trinajstić information content (AvgIpc) is 2.30. The van der Waals surface area contributed by atoms with Crippen LogP contribution in [0.5, 0.6) is 0 Å². The van der Waals surface area contributed by atoms with Gasteiger partial charge in [0, 0.05) is 0 Å². The number of hydrogen-bond donors (Lipinski definition) is 1. The Morgan fingerprint density at radius 3 is 2.83 bits per heavy atom. The van der Waals surface area contributed by atoms with Gasteiger partial charge < -0.3 is 5.73 Å². The van der Waals surface area contributed by atoms with Crippen LogP contribution in [0.25, 0.3) is 0 Å². The summed E-state index contributed by atoms with van der Waals surface area (Å²) < 4.78 is 2.45. The van der Waals surface area contributed by atoms with Crippen molar-refractivity contribution in [3.63, 3.8) is 0 Å². The van der Waals surface area contributed by atoms with Crippen molar-refractivity contribution in [3.05, 3.63) is 10.2 Å². The Bertz CT molecular complexity index is 323. The van der Waals surface area contributed by atoms with Crippen LogP contribution >= 0.6 is 15.9 Å². The Labute approximate surface area is 79.1 Å². The molecule has 0 saturated carbocycles. The largest absolute Gasteiger partial charge is 0.383 e. The van der Waals surface area contributed by atoms with Gasteiger partial charge in [-0.3, -0.25) is 0 Å². The molecule has 0 spiro atoms. The summed E-state index contributed by atoms with van der Waals surface area (Å²) in [5, 5.41) is 12.5. The summed E-state index contributed by atoms with van der Waals surface area (Å²) in [5.74, 6) is 0.586. The molecule has 0 bridgehead atoms. The predicted molar refractivity (Wildman–Crippen MR) is 49.3 cm³/mol. The molecule has 0 aliphatic carbocycles. The topological polar surface area (TPSA) is 67.6 Å². The third-order valence-electron chi connectivity index (χ3n) is 1.53. The normalized spacial score (nSPS) is 9.75. The Hall–Kier alpha value is -1.02. The minimum absolute atomic E-state index is 0.428. The maximum absolute atomic E-state index is 8.35. The summed E-state index contributed by atoms with van der Waals surface area (Å²) in [6.45, 7) is 2.41. The minimum atomic E-state index is 0.428. The molecule has 1 rings (SSSR count). The van der Waals surface area contributed by atoms with E-state index in [0.717, 1.165) is 10.2 Å². The van der Waals surface area contributed by atoms with E-state index in [9.17, 15) is 0 Å². The van der Waals surface area contributed by atoms with Crippen LogP contribution in [0.3, 0.4) is 0 Å². The Morgan fingerprint density at radius 2 is 2.42 bits per heavy atom. The van der Waals surface area contributed by atoms with Gasteiger partial charge >= 0.3 is 0 Å². The lowest BCUT2D eigenvalue weighted by molar-refractivity contribution is 0.631. The van der Waals surface area contributed by atoms with E-state index in [-0.39, 0.29) is 0 Å². The molecule has 0 amide bonds. The Kier molecular flexibility index (Phi) is 2.71. The van der Waals surface area contributed by atoms with E-state index in [0.29, 0.717) is 18.8 Å². The van der Waals surface area contributed by atoms with E-state index in [1.165, 1.54) is 0 Å². The van der Waals surface area contributed by atoms with Crippen molar-refractivity contribution in [2.45, 2.75) is 19.9 Å². The number of nitrogens with zero attached hydrogens (tertiary/aromatic N) is 3. The van der Waals surface area contributed by atoms with Crippen molar-refractivity contribution in [2.24, 2.45) is 0 Å². The molecule has 0 aliphatic rings. The minimum Gasteiger partial charge on any atom is -0.383 e. The molecule has 0 unspecified atom stereocenters. The van der Waals surface area contributed by atoms with Crippen LogP contribution in [-0.2, 0) is 6.54 Å². The number of nitriles is 1. The standard InChI is InChI=1S/C7H9BrN4/c1-5-6(8)7(10)12(11-5)4-2-3-9/h2,4,10H2,1H3. The molecule has 1 aromatic heterocycles. The smallest absolute Gasteiger partial charge is 0.136 e. The second-order valence-electron chi connectivity index (χ2n) is 2.42. The lowest BCUT2D eigenvalue weighted by Gasteiger charge is -1.98. The van der Waals surface area contributed by atoms with E-state index >= 15 is 0 Å². The highest BCUT2D eigenvalue weighted by molar-refractivity contribution is 9.10. The molecule has 64 valence electrons. The molecule has 5 heteroatoms. The first-order chi connectivity index (χ1) is 5.66. The number of aromatic nitrogens is 2. The van der Waals surface area contributed by atoms with Crippen LogP contribution < -0.4 is 5.73 Å². The third-order valence-corrected chi connectivity index (χ3v) is 2.51. The molecular weight excluding hydrogens is 220 g/mol. The Balaban J connectivity index is 2.87. The summed E-state index contributed by atoms with van der Waals surface area (Å²) in [6.07, 6.45) is 0.428. The lowest BCUT2D eigenvalue weighted by Crippen LogP contribution is -2.04. The maximum atomic E-state index is 8.35. The van der Waals surface area contributed by atoms with Crippen molar-refractivity contribution in [3.8, 4) is 6.07 Å². The Morgan fingerprint density at radius 1 is 1.75 bits per heavy atom. The molecule has 2 N–H and O–H groups in total. The zero-order chi connectivity index (χ0) is 9.14. The number of nitrogen functional groups attached to an aromatic ring is 1. The monoisotopic (exact) mass is 228 g/mol. The zero-order valence-corrected chi connectivity index (χ0v) is 8.30. The van der Waals surface area contributed by atoms with Crippen LogP contribution in [0, 0.1) is 18.3 Å². The highest BCUT2D eigenvalue weighted by atomic mass is 79.9. The van der Waals surface area contributed by atoms with Crippen molar-refractivity contribution in [1.82, 2.24) is 9.78 Å². The molecule has 0 fully saturated rings. The van der Waals surface area contributed by atoms with Gasteiger partial charge in [0.05, 0.1) is 29.2 Å². The van der Waals surface area contributed by atoms with E-state index in [2.05, 4.69) is 21.0 Å². The molecule has 4 nitrogen and oxygen atoms in total. The number of anilines is 1. The van der Waals surface area contributed by atoms with Gasteiger partial charge in [-0.15, -0.1) is 0 Å². The average molecular weight is 229 g/mol. The molecule has 0 atom stereocenters. The maximum Gasteiger partial charge on any atom is 0.136 e. The third kappa shape index (κ3) is 1.59. The molecule has 1 aromatic rings. The fourth-order valence-electron chi connectivity index (χ4n) is 0.904.